The van der Waals surface area contributed by atoms with Gasteiger partial charge in [0.25, 0.3) is 0 Å². The third-order valence-corrected chi connectivity index (χ3v) is 6.77. The van der Waals surface area contributed by atoms with E-state index in [0.29, 0.717) is 36.0 Å². The van der Waals surface area contributed by atoms with Gasteiger partial charge < -0.3 is 24.4 Å². The van der Waals surface area contributed by atoms with Crippen LogP contribution in [0.15, 0.2) is 42.5 Å². The Labute approximate surface area is 219 Å². The molecule has 0 spiro atoms. The van der Waals surface area contributed by atoms with Crippen LogP contribution in [0.4, 0.5) is 5.69 Å². The van der Waals surface area contributed by atoms with Gasteiger partial charge in [-0.3, -0.25) is 10.2 Å². The molecule has 0 aromatic heterocycles. The van der Waals surface area contributed by atoms with Gasteiger partial charge in [-0.25, -0.2) is 4.79 Å². The molecule has 3 rings (SSSR count). The fourth-order valence-corrected chi connectivity index (χ4v) is 4.89. The average Bonchev–Trinajstić information content (AvgIpc) is 3.15. The van der Waals surface area contributed by atoms with Crippen molar-refractivity contribution in [3.63, 3.8) is 0 Å². The van der Waals surface area contributed by atoms with Crippen molar-refractivity contribution >= 4 is 23.3 Å². The second-order valence-electron chi connectivity index (χ2n) is 10.8. The molecule has 0 bridgehead atoms. The molecule has 0 saturated carbocycles. The van der Waals surface area contributed by atoms with Crippen LogP contribution in [0.25, 0.3) is 0 Å². The summed E-state index contributed by atoms with van der Waals surface area (Å²) in [5.74, 6) is -0.147. The normalized spacial score (nSPS) is 17.7. The minimum absolute atomic E-state index is 0.0848. The van der Waals surface area contributed by atoms with Crippen molar-refractivity contribution in [2.45, 2.75) is 38.5 Å². The van der Waals surface area contributed by atoms with Crippen molar-refractivity contribution in [1.29, 1.82) is 5.41 Å². The number of aliphatic carboxylic acids is 1. The first kappa shape index (κ1) is 28.2. The SMILES string of the molecule is COCCC1CN(CC(=O)c2cc(N(C)C)c(OCC(=O)O)c(C(C)(C)C)c2)C(=N)C1c1ccccc1. The number of methoxy groups -OCH3 is 1. The molecule has 1 saturated heterocycles. The predicted molar refractivity (Wildman–Crippen MR) is 145 cm³/mol. The number of carbonyl (C=O) groups is 2. The number of amidine groups is 1. The van der Waals surface area contributed by atoms with Crippen molar-refractivity contribution in [3.8, 4) is 5.75 Å². The molecule has 2 unspecified atom stereocenters. The number of nitrogens with zero attached hydrogens (tertiary/aromatic N) is 2. The Kier molecular flexibility index (Phi) is 8.97. The number of anilines is 1. The average molecular weight is 510 g/mol. The summed E-state index contributed by atoms with van der Waals surface area (Å²) in [7, 11) is 5.35. The van der Waals surface area contributed by atoms with Crippen molar-refractivity contribution in [2.75, 3.05) is 52.4 Å². The number of Topliss-reactive ketones (excluding diaryl/α,β-unsaturated/α-hetero) is 1. The van der Waals surface area contributed by atoms with Gasteiger partial charge in [-0.05, 0) is 35.4 Å². The highest BCUT2D eigenvalue weighted by Gasteiger charge is 2.39. The molecule has 1 heterocycles. The highest BCUT2D eigenvalue weighted by molar-refractivity contribution is 6.02. The first-order valence-corrected chi connectivity index (χ1v) is 12.5. The number of nitrogens with one attached hydrogen (secondary N) is 1. The van der Waals surface area contributed by atoms with Crippen LogP contribution >= 0.6 is 0 Å². The Morgan fingerprint density at radius 3 is 2.41 bits per heavy atom. The van der Waals surface area contributed by atoms with Gasteiger partial charge in [0.05, 0.1) is 12.2 Å². The Hall–Kier alpha value is -3.39. The molecule has 1 aliphatic heterocycles. The number of rotatable bonds is 11. The standard InChI is InChI=1S/C29H39N3O5/c1-29(2,3)22-14-21(15-23(31(4)5)27(22)37-18-25(34)35)24(33)17-32-16-20(12-13-36-6)26(28(32)30)19-10-8-7-9-11-19/h7-11,14-15,20,26,30H,12-13,16-18H2,1-6H3,(H,34,35). The monoisotopic (exact) mass is 509 g/mol. The molecule has 37 heavy (non-hydrogen) atoms. The fourth-order valence-electron chi connectivity index (χ4n) is 4.89. The second-order valence-corrected chi connectivity index (χ2v) is 10.8. The van der Waals surface area contributed by atoms with Crippen LogP contribution in [-0.4, -0.2) is 75.1 Å². The van der Waals surface area contributed by atoms with Crippen molar-refractivity contribution in [2.24, 2.45) is 5.92 Å². The number of hydrogen-bond donors (Lipinski definition) is 2. The van der Waals surface area contributed by atoms with Crippen LogP contribution in [0.5, 0.6) is 5.75 Å². The van der Waals surface area contributed by atoms with Gasteiger partial charge >= 0.3 is 5.97 Å². The van der Waals surface area contributed by atoms with E-state index < -0.39 is 12.6 Å². The number of ether oxygens (including phenoxy) is 2. The molecule has 0 radical (unpaired) electrons. The van der Waals surface area contributed by atoms with E-state index in [9.17, 15) is 14.7 Å². The molecule has 1 fully saturated rings. The molecule has 8 nitrogen and oxygen atoms in total. The molecule has 8 heteroatoms. The van der Waals surface area contributed by atoms with Gasteiger partial charge in [-0.2, -0.15) is 0 Å². The molecule has 2 aromatic rings. The maximum absolute atomic E-state index is 13.6. The number of carboxylic acids is 1. The lowest BCUT2D eigenvalue weighted by Crippen LogP contribution is -2.32. The van der Waals surface area contributed by atoms with E-state index >= 15 is 0 Å². The first-order chi connectivity index (χ1) is 17.4. The van der Waals surface area contributed by atoms with Gasteiger partial charge in [0.15, 0.2) is 12.4 Å². The van der Waals surface area contributed by atoms with Crippen LogP contribution in [0.2, 0.25) is 0 Å². The quantitative estimate of drug-likeness (QED) is 0.432. The van der Waals surface area contributed by atoms with Gasteiger partial charge in [-0.15, -0.1) is 0 Å². The highest BCUT2D eigenvalue weighted by Crippen LogP contribution is 2.40. The van der Waals surface area contributed by atoms with E-state index in [1.165, 1.54) is 0 Å². The lowest BCUT2D eigenvalue weighted by molar-refractivity contribution is -0.139. The Bertz CT molecular complexity index is 1120. The van der Waals surface area contributed by atoms with Crippen molar-refractivity contribution in [1.82, 2.24) is 4.90 Å². The zero-order valence-corrected chi connectivity index (χ0v) is 22.7. The second kappa shape index (κ2) is 11.8. The zero-order chi connectivity index (χ0) is 27.3. The lowest BCUT2D eigenvalue weighted by Gasteiger charge is -2.28. The van der Waals surface area contributed by atoms with Crippen molar-refractivity contribution in [3.05, 3.63) is 59.2 Å². The number of ketones is 1. The zero-order valence-electron chi connectivity index (χ0n) is 22.7. The Morgan fingerprint density at radius 2 is 1.84 bits per heavy atom. The minimum atomic E-state index is -1.06. The number of likely N-dealkylation sites (tertiary alicyclic amines) is 1. The molecular formula is C29H39N3O5. The maximum atomic E-state index is 13.6. The number of hydrogen-bond acceptors (Lipinski definition) is 6. The summed E-state index contributed by atoms with van der Waals surface area (Å²) >= 11 is 0. The molecule has 2 aromatic carbocycles. The fraction of sp³-hybridized carbons (Fsp3) is 0.483. The summed E-state index contributed by atoms with van der Waals surface area (Å²) < 4.78 is 11.0. The van der Waals surface area contributed by atoms with E-state index in [2.05, 4.69) is 0 Å². The molecule has 2 atom stereocenters. The molecule has 2 N–H and O–H groups in total. The van der Waals surface area contributed by atoms with Gasteiger partial charge in [-0.1, -0.05) is 51.1 Å². The summed E-state index contributed by atoms with van der Waals surface area (Å²) in [5, 5.41) is 18.1. The number of benzene rings is 2. The van der Waals surface area contributed by atoms with Crippen LogP contribution in [0, 0.1) is 11.3 Å². The molecule has 200 valence electrons. The van der Waals surface area contributed by atoms with Crippen molar-refractivity contribution < 1.29 is 24.2 Å². The first-order valence-electron chi connectivity index (χ1n) is 12.5. The molecular weight excluding hydrogens is 470 g/mol. The van der Waals surface area contributed by atoms with E-state index in [1.807, 2.05) is 81.1 Å². The smallest absolute Gasteiger partial charge is 0.341 e. The van der Waals surface area contributed by atoms with Gasteiger partial charge in [0.1, 0.15) is 11.6 Å². The molecule has 1 aliphatic rings. The molecule has 0 aliphatic carbocycles. The van der Waals surface area contributed by atoms with Crippen LogP contribution in [0.3, 0.4) is 0 Å². The van der Waals surface area contributed by atoms with Crippen LogP contribution in [0.1, 0.15) is 54.6 Å². The van der Waals surface area contributed by atoms with Gasteiger partial charge in [0, 0.05) is 51.4 Å². The minimum Gasteiger partial charge on any atom is -0.479 e. The van der Waals surface area contributed by atoms with E-state index in [0.717, 1.165) is 17.5 Å². The summed E-state index contributed by atoms with van der Waals surface area (Å²) in [6.45, 7) is 6.85. The largest absolute Gasteiger partial charge is 0.479 e. The number of carbonyl (C=O) groups excluding carboxylic acids is 1. The maximum Gasteiger partial charge on any atom is 0.341 e. The molecule has 0 amide bonds. The summed E-state index contributed by atoms with van der Waals surface area (Å²) in [4.78, 5) is 28.5. The van der Waals surface area contributed by atoms with E-state index in [-0.39, 0.29) is 29.6 Å². The highest BCUT2D eigenvalue weighted by atomic mass is 16.5. The summed E-state index contributed by atoms with van der Waals surface area (Å²) in [6.07, 6.45) is 0.803. The lowest BCUT2D eigenvalue weighted by atomic mass is 9.84. The Balaban J connectivity index is 1.93. The predicted octanol–water partition coefficient (Wildman–Crippen LogP) is 4.43. The van der Waals surface area contributed by atoms with Gasteiger partial charge in [0.2, 0.25) is 0 Å². The topological polar surface area (TPSA) is 103 Å². The summed E-state index contributed by atoms with van der Waals surface area (Å²) in [6, 6.07) is 13.6. The van der Waals surface area contributed by atoms with Crippen LogP contribution in [-0.2, 0) is 14.9 Å². The third-order valence-electron chi connectivity index (χ3n) is 6.77. The third kappa shape index (κ3) is 6.68. The van der Waals surface area contributed by atoms with E-state index in [1.54, 1.807) is 13.2 Å². The Morgan fingerprint density at radius 1 is 1.16 bits per heavy atom. The summed E-state index contributed by atoms with van der Waals surface area (Å²) in [5.41, 5.74) is 2.61. The van der Waals surface area contributed by atoms with E-state index in [4.69, 9.17) is 14.9 Å². The van der Waals surface area contributed by atoms with Crippen LogP contribution < -0.4 is 9.64 Å². The number of carboxylic acid groups (broad SMARTS) is 1.